The molecule has 5 N–H and O–H groups in total. The quantitative estimate of drug-likeness (QED) is 0.463. The number of anilines is 2. The van der Waals surface area contributed by atoms with Gasteiger partial charge in [-0.25, -0.2) is 9.78 Å². The summed E-state index contributed by atoms with van der Waals surface area (Å²) in [6.07, 6.45) is 1.12. The molecule has 1 heterocycles. The molecule has 1 unspecified atom stereocenters. The van der Waals surface area contributed by atoms with Gasteiger partial charge in [-0.1, -0.05) is 0 Å². The number of hydrogen-bond acceptors (Lipinski definition) is 6. The molecule has 0 spiro atoms. The maximum atomic E-state index is 11.4. The summed E-state index contributed by atoms with van der Waals surface area (Å²) < 4.78 is 10.3. The van der Waals surface area contributed by atoms with Gasteiger partial charge in [0.15, 0.2) is 0 Å². The lowest BCUT2D eigenvalue weighted by Crippen LogP contribution is -2.28. The van der Waals surface area contributed by atoms with Crippen LogP contribution in [0.3, 0.4) is 0 Å². The van der Waals surface area contributed by atoms with E-state index in [-0.39, 0.29) is 18.0 Å². The van der Waals surface area contributed by atoms with Gasteiger partial charge in [-0.05, 0) is 13.8 Å². The molecule has 116 valence electrons. The van der Waals surface area contributed by atoms with Crippen LogP contribution in [0.15, 0.2) is 12.3 Å². The van der Waals surface area contributed by atoms with E-state index in [9.17, 15) is 4.79 Å². The molecule has 0 saturated heterocycles. The highest BCUT2D eigenvalue weighted by Gasteiger charge is 2.13. The molecule has 8 nitrogen and oxygen atoms in total. The Balaban J connectivity index is 2.73. The summed E-state index contributed by atoms with van der Waals surface area (Å²) in [5, 5.41) is 13.0. The molecular weight excluding hydrogens is 274 g/mol. The maximum Gasteiger partial charge on any atom is 0.320 e. The summed E-state index contributed by atoms with van der Waals surface area (Å²) >= 11 is 0. The maximum absolute atomic E-state index is 11.4. The number of carbonyl (C=O) groups excluding carboxylic acids is 1. The topological polar surface area (TPSA) is 122 Å². The summed E-state index contributed by atoms with van der Waals surface area (Å²) in [5.41, 5.74) is 6.52. The number of ether oxygens (including phenoxy) is 2. The molecule has 8 heteroatoms. The zero-order valence-corrected chi connectivity index (χ0v) is 12.4. The van der Waals surface area contributed by atoms with Crippen molar-refractivity contribution in [2.75, 3.05) is 31.3 Å². The molecule has 0 aliphatic heterocycles. The number of pyridine rings is 1. The zero-order chi connectivity index (χ0) is 15.8. The fraction of sp³-hybridized carbons (Fsp3) is 0.462. The van der Waals surface area contributed by atoms with E-state index in [1.165, 1.54) is 12.3 Å². The fourth-order valence-corrected chi connectivity index (χ4v) is 1.58. The van der Waals surface area contributed by atoms with E-state index in [1.54, 1.807) is 14.0 Å². The Hall–Kier alpha value is -2.35. The van der Waals surface area contributed by atoms with Gasteiger partial charge in [0, 0.05) is 31.6 Å². The molecule has 0 aromatic carbocycles. The van der Waals surface area contributed by atoms with Gasteiger partial charge in [-0.15, -0.1) is 0 Å². The van der Waals surface area contributed by atoms with Crippen molar-refractivity contribution in [3.63, 3.8) is 0 Å². The monoisotopic (exact) mass is 295 g/mol. The third kappa shape index (κ3) is 5.27. The molecular formula is C13H21N5O3. The van der Waals surface area contributed by atoms with Gasteiger partial charge in [0.05, 0.1) is 12.2 Å². The van der Waals surface area contributed by atoms with Crippen molar-refractivity contribution in [3.8, 4) is 0 Å². The second-order valence-electron chi connectivity index (χ2n) is 4.35. The number of hydrogen-bond donors (Lipinski definition) is 4. The van der Waals surface area contributed by atoms with Gasteiger partial charge in [-0.3, -0.25) is 10.7 Å². The molecule has 1 aromatic heterocycles. The average molecular weight is 295 g/mol. The van der Waals surface area contributed by atoms with Gasteiger partial charge >= 0.3 is 6.03 Å². The third-order valence-corrected chi connectivity index (χ3v) is 2.48. The highest BCUT2D eigenvalue weighted by molar-refractivity contribution is 5.98. The number of rotatable bonds is 6. The Kier molecular flexibility index (Phi) is 6.41. The van der Waals surface area contributed by atoms with Crippen molar-refractivity contribution in [1.82, 2.24) is 10.3 Å². The van der Waals surface area contributed by atoms with Crippen LogP contribution >= 0.6 is 0 Å². The highest BCUT2D eigenvalue weighted by atomic mass is 16.5. The Bertz CT molecular complexity index is 507. The van der Waals surface area contributed by atoms with Crippen molar-refractivity contribution >= 4 is 23.4 Å². The van der Waals surface area contributed by atoms with Crippen molar-refractivity contribution < 1.29 is 14.3 Å². The molecule has 0 bridgehead atoms. The van der Waals surface area contributed by atoms with E-state index in [0.29, 0.717) is 30.2 Å². The Labute approximate surface area is 123 Å². The molecule has 0 fully saturated rings. The molecule has 0 radical (unpaired) electrons. The lowest BCUT2D eigenvalue weighted by atomic mass is 10.2. The van der Waals surface area contributed by atoms with Crippen LogP contribution in [-0.4, -0.2) is 43.3 Å². The number of nitrogen functional groups attached to an aromatic ring is 1. The van der Waals surface area contributed by atoms with Crippen LogP contribution in [-0.2, 0) is 9.47 Å². The van der Waals surface area contributed by atoms with Crippen molar-refractivity contribution in [2.24, 2.45) is 0 Å². The number of aromatic nitrogens is 1. The van der Waals surface area contributed by atoms with Crippen LogP contribution in [0.5, 0.6) is 0 Å². The predicted molar refractivity (Wildman–Crippen MR) is 80.6 cm³/mol. The lowest BCUT2D eigenvalue weighted by Gasteiger charge is -2.15. The standard InChI is InChI=1S/C13H21N5O3/c1-4-16-13(19)18-11-5-10(14)9(6-17-11)12(15)21-8(2)7-20-3/h5-6,8,15H,4,7H2,1-3H3,(H4,14,16,17,18,19). The number of nitrogens with two attached hydrogens (primary N) is 1. The fourth-order valence-electron chi connectivity index (χ4n) is 1.58. The largest absolute Gasteiger partial charge is 0.472 e. The van der Waals surface area contributed by atoms with Crippen LogP contribution in [0.2, 0.25) is 0 Å². The van der Waals surface area contributed by atoms with E-state index >= 15 is 0 Å². The van der Waals surface area contributed by atoms with E-state index in [2.05, 4.69) is 15.6 Å². The van der Waals surface area contributed by atoms with Gasteiger partial charge in [0.25, 0.3) is 0 Å². The molecule has 0 aliphatic rings. The lowest BCUT2D eigenvalue weighted by molar-refractivity contribution is 0.0846. The Morgan fingerprint density at radius 2 is 2.29 bits per heavy atom. The van der Waals surface area contributed by atoms with E-state index in [4.69, 9.17) is 20.6 Å². The van der Waals surface area contributed by atoms with Crippen LogP contribution < -0.4 is 16.4 Å². The smallest absolute Gasteiger partial charge is 0.320 e. The molecule has 2 amide bonds. The normalized spacial score (nSPS) is 11.6. The molecule has 0 aliphatic carbocycles. The van der Waals surface area contributed by atoms with Crippen LogP contribution in [0.1, 0.15) is 19.4 Å². The minimum Gasteiger partial charge on any atom is -0.472 e. The van der Waals surface area contributed by atoms with Gasteiger partial charge < -0.3 is 20.5 Å². The summed E-state index contributed by atoms with van der Waals surface area (Å²) in [5.74, 6) is 0.217. The Morgan fingerprint density at radius 3 is 2.86 bits per heavy atom. The first-order chi connectivity index (χ1) is 9.97. The van der Waals surface area contributed by atoms with Crippen LogP contribution in [0.25, 0.3) is 0 Å². The number of carbonyl (C=O) groups is 1. The zero-order valence-electron chi connectivity index (χ0n) is 12.4. The molecule has 1 aromatic rings. The third-order valence-electron chi connectivity index (χ3n) is 2.48. The first-order valence-electron chi connectivity index (χ1n) is 6.52. The van der Waals surface area contributed by atoms with Gasteiger partial charge in [0.2, 0.25) is 5.90 Å². The van der Waals surface area contributed by atoms with Crippen molar-refractivity contribution in [2.45, 2.75) is 20.0 Å². The van der Waals surface area contributed by atoms with Gasteiger partial charge in [-0.2, -0.15) is 0 Å². The summed E-state index contributed by atoms with van der Waals surface area (Å²) in [6, 6.07) is 1.11. The minimum absolute atomic E-state index is 0.0888. The van der Waals surface area contributed by atoms with Crippen LogP contribution in [0.4, 0.5) is 16.3 Å². The average Bonchev–Trinajstić information content (AvgIpc) is 2.38. The number of amides is 2. The number of urea groups is 1. The molecule has 1 atom stereocenters. The Morgan fingerprint density at radius 1 is 1.57 bits per heavy atom. The van der Waals surface area contributed by atoms with Crippen LogP contribution in [0, 0.1) is 5.41 Å². The first-order valence-corrected chi connectivity index (χ1v) is 6.52. The SMILES string of the molecule is CCNC(=O)Nc1cc(N)c(C(=N)OC(C)COC)cn1. The minimum atomic E-state index is -0.364. The van der Waals surface area contributed by atoms with E-state index < -0.39 is 0 Å². The second kappa shape index (κ2) is 8.05. The van der Waals surface area contributed by atoms with Crippen molar-refractivity contribution in [3.05, 3.63) is 17.8 Å². The van der Waals surface area contributed by atoms with E-state index in [0.717, 1.165) is 0 Å². The number of methoxy groups -OCH3 is 1. The van der Waals surface area contributed by atoms with E-state index in [1.807, 2.05) is 6.92 Å². The second-order valence-corrected chi connectivity index (χ2v) is 4.35. The predicted octanol–water partition coefficient (Wildman–Crippen LogP) is 1.18. The summed E-state index contributed by atoms with van der Waals surface area (Å²) in [4.78, 5) is 15.4. The first kappa shape index (κ1) is 16.7. The number of nitrogens with one attached hydrogen (secondary N) is 3. The summed E-state index contributed by atoms with van der Waals surface area (Å²) in [6.45, 7) is 4.47. The number of nitrogens with zero attached hydrogens (tertiary/aromatic N) is 1. The molecule has 1 rings (SSSR count). The summed E-state index contributed by atoms with van der Waals surface area (Å²) in [7, 11) is 1.56. The molecule has 21 heavy (non-hydrogen) atoms. The highest BCUT2D eigenvalue weighted by Crippen LogP contribution is 2.16. The van der Waals surface area contributed by atoms with Crippen molar-refractivity contribution in [1.29, 1.82) is 5.41 Å². The molecule has 0 saturated carbocycles. The van der Waals surface area contributed by atoms with Gasteiger partial charge in [0.1, 0.15) is 11.9 Å².